The highest BCUT2D eigenvalue weighted by atomic mass is 16.6. The summed E-state index contributed by atoms with van der Waals surface area (Å²) in [6, 6.07) is 0. The molecule has 0 aromatic carbocycles. The van der Waals surface area contributed by atoms with Crippen LogP contribution in [0, 0.1) is 16.0 Å². The van der Waals surface area contributed by atoms with Crippen molar-refractivity contribution in [3.05, 3.63) is 10.1 Å². The smallest absolute Gasteiger partial charge is 0.410 e. The quantitative estimate of drug-likeness (QED) is 0.561. The molecule has 1 atom stereocenters. The van der Waals surface area contributed by atoms with Crippen molar-refractivity contribution in [1.82, 2.24) is 4.90 Å². The lowest BCUT2D eigenvalue weighted by Gasteiger charge is -2.24. The van der Waals surface area contributed by atoms with Gasteiger partial charge in [0.15, 0.2) is 0 Å². The van der Waals surface area contributed by atoms with Crippen molar-refractivity contribution >= 4 is 6.09 Å². The van der Waals surface area contributed by atoms with E-state index in [-0.39, 0.29) is 23.5 Å². The molecular weight excluding hydrogens is 224 g/mol. The van der Waals surface area contributed by atoms with Gasteiger partial charge in [-0.2, -0.15) is 0 Å². The second kappa shape index (κ2) is 5.33. The minimum atomic E-state index is -0.490. The van der Waals surface area contributed by atoms with Crippen LogP contribution in [-0.2, 0) is 4.74 Å². The first-order chi connectivity index (χ1) is 7.78. The van der Waals surface area contributed by atoms with Crippen molar-refractivity contribution in [2.45, 2.75) is 39.2 Å². The van der Waals surface area contributed by atoms with Crippen molar-refractivity contribution in [3.8, 4) is 0 Å². The summed E-state index contributed by atoms with van der Waals surface area (Å²) < 4.78 is 5.25. The number of hydrogen-bond acceptors (Lipinski definition) is 4. The highest BCUT2D eigenvalue weighted by molar-refractivity contribution is 5.68. The van der Waals surface area contributed by atoms with Crippen molar-refractivity contribution < 1.29 is 14.5 Å². The number of likely N-dealkylation sites (tertiary alicyclic amines) is 1. The molecule has 1 aliphatic heterocycles. The van der Waals surface area contributed by atoms with Gasteiger partial charge in [-0.15, -0.1) is 0 Å². The van der Waals surface area contributed by atoms with Gasteiger partial charge in [0.1, 0.15) is 5.60 Å². The number of nitrogens with zero attached hydrogens (tertiary/aromatic N) is 2. The summed E-state index contributed by atoms with van der Waals surface area (Å²) in [5.41, 5.74) is -0.490. The van der Waals surface area contributed by atoms with Crippen molar-refractivity contribution in [3.63, 3.8) is 0 Å². The maximum atomic E-state index is 11.7. The van der Waals surface area contributed by atoms with Gasteiger partial charge in [0, 0.05) is 24.4 Å². The van der Waals surface area contributed by atoms with Crippen LogP contribution in [-0.4, -0.2) is 41.2 Å². The Hall–Kier alpha value is -1.33. The summed E-state index contributed by atoms with van der Waals surface area (Å²) in [7, 11) is 0. The highest BCUT2D eigenvalue weighted by Gasteiger charge is 2.30. The first-order valence-corrected chi connectivity index (χ1v) is 5.87. The van der Waals surface area contributed by atoms with E-state index >= 15 is 0 Å². The Balaban J connectivity index is 2.34. The standard InChI is InChI=1S/C11H20N2O4/c1-11(2,3)17-10(14)12-6-4-9(8-12)5-7-13(15)16/h9H,4-8H2,1-3H3. The largest absolute Gasteiger partial charge is 0.444 e. The minimum Gasteiger partial charge on any atom is -0.444 e. The summed E-state index contributed by atoms with van der Waals surface area (Å²) in [5.74, 6) is 0.230. The zero-order valence-corrected chi connectivity index (χ0v) is 10.6. The molecule has 0 N–H and O–H groups in total. The topological polar surface area (TPSA) is 72.7 Å². The minimum absolute atomic E-state index is 0.0210. The Labute approximate surface area is 101 Å². The zero-order chi connectivity index (χ0) is 13.1. The summed E-state index contributed by atoms with van der Waals surface area (Å²) in [6.07, 6.45) is 1.04. The molecule has 1 heterocycles. The van der Waals surface area contributed by atoms with Gasteiger partial charge in [-0.1, -0.05) is 0 Å². The van der Waals surface area contributed by atoms with Gasteiger partial charge in [-0.05, 0) is 33.1 Å². The molecule has 0 saturated carbocycles. The van der Waals surface area contributed by atoms with E-state index in [9.17, 15) is 14.9 Å². The van der Waals surface area contributed by atoms with Crippen molar-refractivity contribution in [1.29, 1.82) is 0 Å². The number of ether oxygens (including phenoxy) is 1. The van der Waals surface area contributed by atoms with Crippen LogP contribution in [0.2, 0.25) is 0 Å². The molecule has 0 aromatic heterocycles. The average Bonchev–Trinajstić information content (AvgIpc) is 2.60. The summed E-state index contributed by atoms with van der Waals surface area (Å²) in [4.78, 5) is 23.3. The van der Waals surface area contributed by atoms with Gasteiger partial charge >= 0.3 is 6.09 Å². The molecule has 17 heavy (non-hydrogen) atoms. The van der Waals surface area contributed by atoms with Gasteiger partial charge in [0.25, 0.3) is 0 Å². The lowest BCUT2D eigenvalue weighted by atomic mass is 10.1. The molecule has 1 amide bonds. The number of nitro groups is 1. The Kier molecular flexibility index (Phi) is 4.31. The average molecular weight is 244 g/mol. The molecule has 1 fully saturated rings. The first-order valence-electron chi connectivity index (χ1n) is 5.87. The summed E-state index contributed by atoms with van der Waals surface area (Å²) in [6.45, 7) is 6.66. The monoisotopic (exact) mass is 244 g/mol. The van der Waals surface area contributed by atoms with E-state index in [4.69, 9.17) is 4.74 Å². The van der Waals surface area contributed by atoms with E-state index in [2.05, 4.69) is 0 Å². The normalized spacial score (nSPS) is 20.4. The fourth-order valence-corrected chi connectivity index (χ4v) is 1.85. The fourth-order valence-electron chi connectivity index (χ4n) is 1.85. The lowest BCUT2D eigenvalue weighted by molar-refractivity contribution is -0.481. The third-order valence-corrected chi connectivity index (χ3v) is 2.66. The first kappa shape index (κ1) is 13.7. The SMILES string of the molecule is CC(C)(C)OC(=O)N1CCC(CC[N+](=O)[O-])C1. The van der Waals surface area contributed by atoms with E-state index in [1.165, 1.54) is 0 Å². The van der Waals surface area contributed by atoms with Crippen LogP contribution < -0.4 is 0 Å². The van der Waals surface area contributed by atoms with Crippen LogP contribution >= 0.6 is 0 Å². The molecule has 0 spiro atoms. The van der Waals surface area contributed by atoms with E-state index in [1.54, 1.807) is 4.90 Å². The van der Waals surface area contributed by atoms with Crippen LogP contribution in [0.1, 0.15) is 33.6 Å². The van der Waals surface area contributed by atoms with Crippen molar-refractivity contribution in [2.24, 2.45) is 5.92 Å². The molecule has 1 unspecified atom stereocenters. The maximum absolute atomic E-state index is 11.7. The molecular formula is C11H20N2O4. The zero-order valence-electron chi connectivity index (χ0n) is 10.6. The number of carbonyl (C=O) groups excluding carboxylic acids is 1. The molecule has 6 nitrogen and oxygen atoms in total. The molecule has 1 rings (SSSR count). The third kappa shape index (κ3) is 5.01. The van der Waals surface area contributed by atoms with Gasteiger partial charge < -0.3 is 9.64 Å². The Morgan fingerprint density at radius 3 is 2.71 bits per heavy atom. The van der Waals surface area contributed by atoms with Gasteiger partial charge in [-0.3, -0.25) is 10.1 Å². The summed E-state index contributed by atoms with van der Waals surface area (Å²) >= 11 is 0. The molecule has 1 saturated heterocycles. The highest BCUT2D eigenvalue weighted by Crippen LogP contribution is 2.21. The van der Waals surface area contributed by atoms with Crippen molar-refractivity contribution in [2.75, 3.05) is 19.6 Å². The Morgan fingerprint density at radius 1 is 1.53 bits per heavy atom. The summed E-state index contributed by atoms with van der Waals surface area (Å²) in [5, 5.41) is 10.3. The second-order valence-electron chi connectivity index (χ2n) is 5.43. The molecule has 0 aromatic rings. The molecule has 0 aliphatic carbocycles. The van der Waals surface area contributed by atoms with E-state index < -0.39 is 5.60 Å². The van der Waals surface area contributed by atoms with Crippen LogP contribution in [0.4, 0.5) is 4.79 Å². The van der Waals surface area contributed by atoms with E-state index in [0.29, 0.717) is 19.5 Å². The predicted molar refractivity (Wildman–Crippen MR) is 62.4 cm³/mol. The molecule has 0 radical (unpaired) electrons. The van der Waals surface area contributed by atoms with E-state index in [1.807, 2.05) is 20.8 Å². The molecule has 0 bridgehead atoms. The van der Waals surface area contributed by atoms with E-state index in [0.717, 1.165) is 6.42 Å². The Morgan fingerprint density at radius 2 is 2.18 bits per heavy atom. The fraction of sp³-hybridized carbons (Fsp3) is 0.909. The van der Waals surface area contributed by atoms with Crippen LogP contribution in [0.5, 0.6) is 0 Å². The number of carbonyl (C=O) groups is 1. The molecule has 98 valence electrons. The molecule has 1 aliphatic rings. The third-order valence-electron chi connectivity index (χ3n) is 2.66. The predicted octanol–water partition coefficient (Wildman–Crippen LogP) is 1.91. The number of rotatable bonds is 3. The second-order valence-corrected chi connectivity index (χ2v) is 5.43. The van der Waals surface area contributed by atoms with Crippen LogP contribution in [0.15, 0.2) is 0 Å². The van der Waals surface area contributed by atoms with Gasteiger partial charge in [0.2, 0.25) is 6.54 Å². The number of hydrogen-bond donors (Lipinski definition) is 0. The van der Waals surface area contributed by atoms with Gasteiger partial charge in [-0.25, -0.2) is 4.79 Å². The lowest BCUT2D eigenvalue weighted by Crippen LogP contribution is -2.35. The van der Waals surface area contributed by atoms with Crippen LogP contribution in [0.3, 0.4) is 0 Å². The van der Waals surface area contributed by atoms with Crippen LogP contribution in [0.25, 0.3) is 0 Å². The maximum Gasteiger partial charge on any atom is 0.410 e. The number of amides is 1. The Bertz CT molecular complexity index is 298. The van der Waals surface area contributed by atoms with Gasteiger partial charge in [0.05, 0.1) is 0 Å². The molecule has 6 heteroatoms.